The molecular formula is C21H23F6N3O5S. The van der Waals surface area contributed by atoms with Gasteiger partial charge in [-0.1, -0.05) is 0 Å². The van der Waals surface area contributed by atoms with E-state index in [-0.39, 0.29) is 0 Å². The summed E-state index contributed by atoms with van der Waals surface area (Å²) in [6.45, 7) is 4.64. The maximum atomic E-state index is 10.6. The number of alkyl halides is 6. The molecule has 1 aliphatic heterocycles. The van der Waals surface area contributed by atoms with Crippen LogP contribution in [-0.4, -0.2) is 62.5 Å². The number of rotatable bonds is 6. The topological polar surface area (TPSA) is 113 Å². The lowest BCUT2D eigenvalue weighted by molar-refractivity contribution is -0.193. The van der Waals surface area contributed by atoms with Crippen LogP contribution in [0, 0.1) is 5.92 Å². The summed E-state index contributed by atoms with van der Waals surface area (Å²) in [5, 5.41) is 17.5. The molecule has 0 unspecified atom stereocenters. The molecule has 0 aromatic carbocycles. The average molecular weight is 543 g/mol. The molecule has 0 atom stereocenters. The summed E-state index contributed by atoms with van der Waals surface area (Å²) >= 11 is 1.73. The summed E-state index contributed by atoms with van der Waals surface area (Å²) in [5.41, 5.74) is 4.10. The standard InChI is InChI=1S/C17H21N3OS.2C2HF3O2/c1-2-13(1)11-21-12-15-8-18-7-14-9-20(5-3-16(14)15)10-17-19-4-6-22-17;2*3-2(4,5)1(6)7/h4,6-8,13H,1-3,5,9-12H2;2*(H,6,7). The highest BCUT2D eigenvalue weighted by molar-refractivity contribution is 7.09. The van der Waals surface area contributed by atoms with Gasteiger partial charge in [-0.05, 0) is 41.9 Å². The second kappa shape index (κ2) is 13.0. The summed E-state index contributed by atoms with van der Waals surface area (Å²) in [6, 6.07) is 0. The normalized spacial score (nSPS) is 15.6. The van der Waals surface area contributed by atoms with Gasteiger partial charge in [-0.2, -0.15) is 26.3 Å². The number of fused-ring (bicyclic) bond motifs is 1. The molecule has 0 radical (unpaired) electrons. The third-order valence-corrected chi connectivity index (χ3v) is 5.71. The van der Waals surface area contributed by atoms with E-state index < -0.39 is 24.3 Å². The van der Waals surface area contributed by atoms with Crippen LogP contribution >= 0.6 is 11.3 Å². The van der Waals surface area contributed by atoms with Gasteiger partial charge in [0.05, 0.1) is 13.2 Å². The quantitative estimate of drug-likeness (QED) is 0.519. The molecule has 200 valence electrons. The monoisotopic (exact) mass is 543 g/mol. The van der Waals surface area contributed by atoms with Crippen molar-refractivity contribution in [2.45, 2.75) is 51.3 Å². The maximum absolute atomic E-state index is 10.6. The van der Waals surface area contributed by atoms with Gasteiger partial charge in [0, 0.05) is 43.7 Å². The minimum absolute atomic E-state index is 0.721. The molecule has 0 spiro atoms. The minimum Gasteiger partial charge on any atom is -0.475 e. The average Bonchev–Trinajstić information content (AvgIpc) is 3.46. The van der Waals surface area contributed by atoms with E-state index >= 15 is 0 Å². The Labute approximate surface area is 205 Å². The number of thiazole rings is 1. The van der Waals surface area contributed by atoms with Gasteiger partial charge in [0.1, 0.15) is 5.01 Å². The molecule has 15 heteroatoms. The number of ether oxygens (including phenoxy) is 1. The number of carboxylic acids is 2. The summed E-state index contributed by atoms with van der Waals surface area (Å²) < 4.78 is 69.3. The largest absolute Gasteiger partial charge is 0.490 e. The number of aliphatic carboxylic acids is 2. The zero-order chi connectivity index (χ0) is 26.9. The molecule has 1 saturated carbocycles. The Bertz CT molecular complexity index is 973. The van der Waals surface area contributed by atoms with Gasteiger partial charge >= 0.3 is 24.3 Å². The molecule has 3 heterocycles. The fourth-order valence-electron chi connectivity index (χ4n) is 3.03. The first-order valence-corrected chi connectivity index (χ1v) is 11.4. The third kappa shape index (κ3) is 10.5. The van der Waals surface area contributed by atoms with Crippen LogP contribution in [0.2, 0.25) is 0 Å². The molecule has 1 fully saturated rings. The molecule has 0 bridgehead atoms. The van der Waals surface area contributed by atoms with E-state index in [1.807, 2.05) is 24.0 Å². The predicted molar refractivity (Wildman–Crippen MR) is 114 cm³/mol. The van der Waals surface area contributed by atoms with Crippen molar-refractivity contribution in [2.24, 2.45) is 5.92 Å². The molecule has 2 aliphatic rings. The Balaban J connectivity index is 0.000000271. The second-order valence-electron chi connectivity index (χ2n) is 7.89. The molecule has 8 nitrogen and oxygen atoms in total. The molecule has 36 heavy (non-hydrogen) atoms. The molecule has 4 rings (SSSR count). The van der Waals surface area contributed by atoms with Crippen LogP contribution in [0.15, 0.2) is 24.0 Å². The van der Waals surface area contributed by atoms with Gasteiger partial charge < -0.3 is 14.9 Å². The van der Waals surface area contributed by atoms with Crippen molar-refractivity contribution in [1.29, 1.82) is 0 Å². The van der Waals surface area contributed by atoms with Crippen LogP contribution < -0.4 is 0 Å². The fourth-order valence-corrected chi connectivity index (χ4v) is 3.69. The highest BCUT2D eigenvalue weighted by atomic mass is 32.1. The number of halogens is 6. The number of hydrogen-bond acceptors (Lipinski definition) is 7. The van der Waals surface area contributed by atoms with Gasteiger partial charge in [0.25, 0.3) is 0 Å². The predicted octanol–water partition coefficient (Wildman–Crippen LogP) is 4.29. The van der Waals surface area contributed by atoms with E-state index in [1.165, 1.54) is 34.5 Å². The Morgan fingerprint density at radius 1 is 1.08 bits per heavy atom. The van der Waals surface area contributed by atoms with E-state index in [1.54, 1.807) is 11.3 Å². The number of carbonyl (C=O) groups is 2. The van der Waals surface area contributed by atoms with E-state index in [2.05, 4.69) is 14.9 Å². The lowest BCUT2D eigenvalue weighted by Gasteiger charge is -2.29. The summed E-state index contributed by atoms with van der Waals surface area (Å²) in [5.74, 6) is -4.69. The van der Waals surface area contributed by atoms with Crippen LogP contribution in [0.25, 0.3) is 0 Å². The zero-order valence-electron chi connectivity index (χ0n) is 18.7. The van der Waals surface area contributed by atoms with Gasteiger partial charge in [-0.15, -0.1) is 11.3 Å². The van der Waals surface area contributed by atoms with Crippen LogP contribution in [-0.2, 0) is 40.4 Å². The number of pyridine rings is 1. The zero-order valence-corrected chi connectivity index (χ0v) is 19.5. The van der Waals surface area contributed by atoms with Crippen molar-refractivity contribution in [1.82, 2.24) is 14.9 Å². The van der Waals surface area contributed by atoms with Gasteiger partial charge in [0.15, 0.2) is 0 Å². The highest BCUT2D eigenvalue weighted by Crippen LogP contribution is 2.30. The van der Waals surface area contributed by atoms with Crippen molar-refractivity contribution in [2.75, 3.05) is 13.2 Å². The molecule has 2 aromatic rings. The molecule has 2 N–H and O–H groups in total. The van der Waals surface area contributed by atoms with Crippen molar-refractivity contribution in [3.63, 3.8) is 0 Å². The van der Waals surface area contributed by atoms with Crippen LogP contribution in [0.1, 0.15) is 34.5 Å². The van der Waals surface area contributed by atoms with Crippen LogP contribution in [0.4, 0.5) is 26.3 Å². The first-order chi connectivity index (χ1) is 16.8. The van der Waals surface area contributed by atoms with E-state index in [4.69, 9.17) is 24.5 Å². The van der Waals surface area contributed by atoms with Crippen LogP contribution in [0.3, 0.4) is 0 Å². The van der Waals surface area contributed by atoms with Crippen molar-refractivity contribution in [3.8, 4) is 0 Å². The number of carboxylic acid groups (broad SMARTS) is 2. The SMILES string of the molecule is O=C(O)C(F)(F)F.O=C(O)C(F)(F)F.c1csc(CN2CCc3c(COCC4CC4)cncc3C2)n1. The van der Waals surface area contributed by atoms with Gasteiger partial charge in [0.2, 0.25) is 0 Å². The van der Waals surface area contributed by atoms with Gasteiger partial charge in [-0.25, -0.2) is 14.6 Å². The number of hydrogen-bond donors (Lipinski definition) is 2. The summed E-state index contributed by atoms with van der Waals surface area (Å²) in [6.07, 6.45) is -0.496. The number of nitrogens with zero attached hydrogens (tertiary/aromatic N) is 3. The molecule has 1 aliphatic carbocycles. The lowest BCUT2D eigenvalue weighted by Crippen LogP contribution is -2.31. The highest BCUT2D eigenvalue weighted by Gasteiger charge is 2.38. The van der Waals surface area contributed by atoms with Crippen LogP contribution in [0.5, 0.6) is 0 Å². The lowest BCUT2D eigenvalue weighted by atomic mass is 9.97. The molecule has 0 amide bonds. The van der Waals surface area contributed by atoms with E-state index in [0.717, 1.165) is 45.2 Å². The van der Waals surface area contributed by atoms with Crippen molar-refractivity contribution in [3.05, 3.63) is 45.7 Å². The minimum atomic E-state index is -5.08. The Morgan fingerprint density at radius 2 is 1.69 bits per heavy atom. The smallest absolute Gasteiger partial charge is 0.475 e. The summed E-state index contributed by atoms with van der Waals surface area (Å²) in [4.78, 5) is 29.1. The van der Waals surface area contributed by atoms with Gasteiger partial charge in [-0.3, -0.25) is 9.88 Å². The van der Waals surface area contributed by atoms with Crippen molar-refractivity contribution < 1.29 is 50.9 Å². The second-order valence-corrected chi connectivity index (χ2v) is 8.87. The van der Waals surface area contributed by atoms with Crippen molar-refractivity contribution >= 4 is 23.3 Å². The first kappa shape index (κ1) is 29.5. The molecule has 0 saturated heterocycles. The fraction of sp³-hybridized carbons (Fsp3) is 0.524. The third-order valence-electron chi connectivity index (χ3n) is 4.94. The molecule has 2 aromatic heterocycles. The summed E-state index contributed by atoms with van der Waals surface area (Å²) in [7, 11) is 0. The number of aromatic nitrogens is 2. The Kier molecular flexibility index (Phi) is 10.6. The van der Waals surface area contributed by atoms with E-state index in [0.29, 0.717) is 0 Å². The first-order valence-electron chi connectivity index (χ1n) is 10.5. The molecular weight excluding hydrogens is 520 g/mol. The maximum Gasteiger partial charge on any atom is 0.490 e. The Hall–Kier alpha value is -2.78. The Morgan fingerprint density at radius 3 is 2.19 bits per heavy atom. The van der Waals surface area contributed by atoms with E-state index in [9.17, 15) is 26.3 Å².